The lowest BCUT2D eigenvalue weighted by molar-refractivity contribution is -0.117. The molecular formula is C19H19ClN2O2. The summed E-state index contributed by atoms with van der Waals surface area (Å²) in [6.07, 6.45) is 1.93. The Morgan fingerprint density at radius 1 is 1.12 bits per heavy atom. The van der Waals surface area contributed by atoms with E-state index in [1.165, 1.54) is 0 Å². The van der Waals surface area contributed by atoms with Crippen molar-refractivity contribution in [1.29, 1.82) is 0 Å². The van der Waals surface area contributed by atoms with Crippen molar-refractivity contribution in [1.82, 2.24) is 5.32 Å². The van der Waals surface area contributed by atoms with Gasteiger partial charge in [-0.2, -0.15) is 0 Å². The van der Waals surface area contributed by atoms with Crippen LogP contribution in [0.2, 0.25) is 5.02 Å². The molecule has 1 aliphatic carbocycles. The molecule has 0 spiro atoms. The van der Waals surface area contributed by atoms with E-state index < -0.39 is 0 Å². The number of hydrogen-bond donors (Lipinski definition) is 2. The predicted octanol–water partition coefficient (Wildman–Crippen LogP) is 4.18. The number of hydrogen-bond acceptors (Lipinski definition) is 2. The van der Waals surface area contributed by atoms with E-state index in [0.717, 1.165) is 18.4 Å². The van der Waals surface area contributed by atoms with Crippen molar-refractivity contribution in [3.63, 3.8) is 0 Å². The standard InChI is InChI=1S/C19H19ClN2O2/c1-12(15-3-2-4-16(20)11-15)21-18(23)14-7-9-17(10-8-14)22-19(24)13-5-6-13/h2-4,7-13H,5-6H2,1H3,(H,21,23)(H,22,24). The van der Waals surface area contributed by atoms with Gasteiger partial charge >= 0.3 is 0 Å². The monoisotopic (exact) mass is 342 g/mol. The van der Waals surface area contributed by atoms with E-state index in [1.807, 2.05) is 25.1 Å². The zero-order valence-electron chi connectivity index (χ0n) is 13.4. The van der Waals surface area contributed by atoms with Gasteiger partial charge in [0.2, 0.25) is 5.91 Å². The molecule has 1 saturated carbocycles. The maximum Gasteiger partial charge on any atom is 0.251 e. The summed E-state index contributed by atoms with van der Waals surface area (Å²) in [4.78, 5) is 24.1. The number of carbonyl (C=O) groups is 2. The molecule has 3 rings (SSSR count). The van der Waals surface area contributed by atoms with E-state index in [9.17, 15) is 9.59 Å². The molecular weight excluding hydrogens is 324 g/mol. The Labute approximate surface area is 146 Å². The number of nitrogens with one attached hydrogen (secondary N) is 2. The molecule has 24 heavy (non-hydrogen) atoms. The predicted molar refractivity (Wildman–Crippen MR) is 95.1 cm³/mol. The third-order valence-electron chi connectivity index (χ3n) is 4.06. The Hall–Kier alpha value is -2.33. The van der Waals surface area contributed by atoms with Crippen molar-refractivity contribution >= 4 is 29.1 Å². The highest BCUT2D eigenvalue weighted by atomic mass is 35.5. The normalized spacial score (nSPS) is 14.8. The Balaban J connectivity index is 1.61. The quantitative estimate of drug-likeness (QED) is 0.856. The SMILES string of the molecule is CC(NC(=O)c1ccc(NC(=O)C2CC2)cc1)c1cccc(Cl)c1. The van der Waals surface area contributed by atoms with Crippen molar-refractivity contribution in [2.24, 2.45) is 5.92 Å². The van der Waals surface area contributed by atoms with Crippen molar-refractivity contribution in [2.75, 3.05) is 5.32 Å². The van der Waals surface area contributed by atoms with Crippen molar-refractivity contribution in [2.45, 2.75) is 25.8 Å². The minimum atomic E-state index is -0.164. The molecule has 2 amide bonds. The van der Waals surface area contributed by atoms with Gasteiger partial charge in [-0.3, -0.25) is 9.59 Å². The van der Waals surface area contributed by atoms with Crippen LogP contribution in [0.5, 0.6) is 0 Å². The topological polar surface area (TPSA) is 58.2 Å². The van der Waals surface area contributed by atoms with Gasteiger partial charge in [0.1, 0.15) is 0 Å². The smallest absolute Gasteiger partial charge is 0.251 e. The number of carbonyl (C=O) groups excluding carboxylic acids is 2. The van der Waals surface area contributed by atoms with Gasteiger partial charge in [0.15, 0.2) is 0 Å². The fraction of sp³-hybridized carbons (Fsp3) is 0.263. The second kappa shape index (κ2) is 7.05. The Bertz CT molecular complexity index is 754. The molecule has 0 aromatic heterocycles. The maximum atomic E-state index is 12.3. The Morgan fingerprint density at radius 2 is 1.83 bits per heavy atom. The van der Waals surface area contributed by atoms with Crippen LogP contribution in [-0.2, 0) is 4.79 Å². The summed E-state index contributed by atoms with van der Waals surface area (Å²) in [6.45, 7) is 1.91. The molecule has 2 N–H and O–H groups in total. The molecule has 2 aromatic rings. The van der Waals surface area contributed by atoms with E-state index in [-0.39, 0.29) is 23.8 Å². The summed E-state index contributed by atoms with van der Waals surface area (Å²) in [5.41, 5.74) is 2.21. The fourth-order valence-electron chi connectivity index (χ4n) is 2.43. The summed E-state index contributed by atoms with van der Waals surface area (Å²) in [6, 6.07) is 14.2. The molecule has 5 heteroatoms. The van der Waals surface area contributed by atoms with Crippen LogP contribution >= 0.6 is 11.6 Å². The Kier molecular flexibility index (Phi) is 4.86. The van der Waals surface area contributed by atoms with Crippen molar-refractivity contribution in [3.05, 3.63) is 64.7 Å². The van der Waals surface area contributed by atoms with E-state index in [4.69, 9.17) is 11.6 Å². The lowest BCUT2D eigenvalue weighted by atomic mass is 10.1. The molecule has 4 nitrogen and oxygen atoms in total. The van der Waals surface area contributed by atoms with Crippen LogP contribution in [0.3, 0.4) is 0 Å². The van der Waals surface area contributed by atoms with Crippen LogP contribution in [-0.4, -0.2) is 11.8 Å². The summed E-state index contributed by atoms with van der Waals surface area (Å²) in [5.74, 6) is 0.0517. The van der Waals surface area contributed by atoms with Crippen LogP contribution in [0.15, 0.2) is 48.5 Å². The average molecular weight is 343 g/mol. The highest BCUT2D eigenvalue weighted by Gasteiger charge is 2.29. The van der Waals surface area contributed by atoms with Gasteiger partial charge in [0.25, 0.3) is 5.91 Å². The first-order valence-corrected chi connectivity index (χ1v) is 8.38. The molecule has 0 radical (unpaired) electrons. The average Bonchev–Trinajstić information content (AvgIpc) is 3.40. The van der Waals surface area contributed by atoms with E-state index in [2.05, 4.69) is 10.6 Å². The second-order valence-electron chi connectivity index (χ2n) is 6.09. The number of benzene rings is 2. The highest BCUT2D eigenvalue weighted by Crippen LogP contribution is 2.30. The van der Waals surface area contributed by atoms with Crippen molar-refractivity contribution in [3.8, 4) is 0 Å². The van der Waals surface area contributed by atoms with Gasteiger partial charge in [-0.25, -0.2) is 0 Å². The molecule has 0 heterocycles. The summed E-state index contributed by atoms with van der Waals surface area (Å²) >= 11 is 5.98. The van der Waals surface area contributed by atoms with E-state index in [1.54, 1.807) is 30.3 Å². The van der Waals surface area contributed by atoms with Crippen LogP contribution in [0.1, 0.15) is 41.7 Å². The fourth-order valence-corrected chi connectivity index (χ4v) is 2.63. The largest absolute Gasteiger partial charge is 0.346 e. The molecule has 1 atom stereocenters. The minimum absolute atomic E-state index is 0.0572. The molecule has 124 valence electrons. The number of anilines is 1. The van der Waals surface area contributed by atoms with Crippen LogP contribution < -0.4 is 10.6 Å². The number of rotatable bonds is 5. The summed E-state index contributed by atoms with van der Waals surface area (Å²) < 4.78 is 0. The maximum absolute atomic E-state index is 12.3. The summed E-state index contributed by atoms with van der Waals surface area (Å²) in [7, 11) is 0. The molecule has 1 unspecified atom stereocenters. The molecule has 1 fully saturated rings. The molecule has 1 aliphatic rings. The first-order chi connectivity index (χ1) is 11.5. The van der Waals surface area contributed by atoms with Gasteiger partial charge in [-0.05, 0) is 61.7 Å². The molecule has 0 saturated heterocycles. The lowest BCUT2D eigenvalue weighted by Crippen LogP contribution is -2.26. The van der Waals surface area contributed by atoms with Gasteiger partial charge in [0.05, 0.1) is 6.04 Å². The minimum Gasteiger partial charge on any atom is -0.346 e. The van der Waals surface area contributed by atoms with Gasteiger partial charge in [0, 0.05) is 22.2 Å². The third-order valence-corrected chi connectivity index (χ3v) is 4.29. The first-order valence-electron chi connectivity index (χ1n) is 8.00. The van der Waals surface area contributed by atoms with Crippen LogP contribution in [0, 0.1) is 5.92 Å². The highest BCUT2D eigenvalue weighted by molar-refractivity contribution is 6.30. The van der Waals surface area contributed by atoms with E-state index >= 15 is 0 Å². The van der Waals surface area contributed by atoms with Gasteiger partial charge in [-0.15, -0.1) is 0 Å². The number of amides is 2. The van der Waals surface area contributed by atoms with Crippen LogP contribution in [0.4, 0.5) is 5.69 Å². The second-order valence-corrected chi connectivity index (χ2v) is 6.53. The lowest BCUT2D eigenvalue weighted by Gasteiger charge is -2.15. The zero-order chi connectivity index (χ0) is 17.1. The third kappa shape index (κ3) is 4.15. The molecule has 2 aromatic carbocycles. The van der Waals surface area contributed by atoms with Gasteiger partial charge in [-0.1, -0.05) is 23.7 Å². The molecule has 0 bridgehead atoms. The van der Waals surface area contributed by atoms with E-state index in [0.29, 0.717) is 16.3 Å². The van der Waals surface area contributed by atoms with Crippen LogP contribution in [0.25, 0.3) is 0 Å². The molecule has 0 aliphatic heterocycles. The zero-order valence-corrected chi connectivity index (χ0v) is 14.1. The summed E-state index contributed by atoms with van der Waals surface area (Å²) in [5, 5.41) is 6.44. The number of halogens is 1. The van der Waals surface area contributed by atoms with Crippen molar-refractivity contribution < 1.29 is 9.59 Å². The Morgan fingerprint density at radius 3 is 2.46 bits per heavy atom. The first kappa shape index (κ1) is 16.5. The van der Waals surface area contributed by atoms with Gasteiger partial charge < -0.3 is 10.6 Å².